The van der Waals surface area contributed by atoms with Crippen molar-refractivity contribution < 1.29 is 9.90 Å². The molecule has 4 nitrogen and oxygen atoms in total. The van der Waals surface area contributed by atoms with E-state index < -0.39 is 5.97 Å². The molecule has 0 aliphatic carbocycles. The van der Waals surface area contributed by atoms with Crippen LogP contribution in [-0.2, 0) is 0 Å². The van der Waals surface area contributed by atoms with Crippen molar-refractivity contribution in [2.24, 2.45) is 0 Å². The van der Waals surface area contributed by atoms with Crippen LogP contribution in [0.5, 0.6) is 0 Å². The third-order valence-corrected chi connectivity index (χ3v) is 2.91. The fraction of sp³-hybridized carbons (Fsp3) is 0.0909. The van der Waals surface area contributed by atoms with Crippen LogP contribution in [0.3, 0.4) is 0 Å². The number of carbonyl (C=O) groups is 1. The van der Waals surface area contributed by atoms with Gasteiger partial charge in [-0.2, -0.15) is 0 Å². The summed E-state index contributed by atoms with van der Waals surface area (Å²) in [6.07, 6.45) is 0. The molecule has 1 heterocycles. The number of benzene rings is 1. The minimum atomic E-state index is -1.02. The Balaban J connectivity index is 2.54. The topological polar surface area (TPSA) is 66.0 Å². The SMILES string of the molecule is Cc1[nH]c(-c2ccccc2Br)nc1C(=O)O. The summed E-state index contributed by atoms with van der Waals surface area (Å²) in [5.74, 6) is -0.463. The predicted octanol–water partition coefficient (Wildman–Crippen LogP) is 2.85. The smallest absolute Gasteiger partial charge is 0.356 e. The molecular formula is C11H9BrN2O2. The summed E-state index contributed by atoms with van der Waals surface area (Å²) >= 11 is 3.40. The second kappa shape index (κ2) is 4.09. The number of carboxylic acids is 1. The standard InChI is InChI=1S/C11H9BrN2O2/c1-6-9(11(15)16)14-10(13-6)7-4-2-3-5-8(7)12/h2-5H,1H3,(H,13,14)(H,15,16). The molecule has 0 aliphatic heterocycles. The van der Waals surface area contributed by atoms with Crippen LogP contribution in [0.4, 0.5) is 0 Å². The van der Waals surface area contributed by atoms with E-state index in [1.165, 1.54) is 0 Å². The third-order valence-electron chi connectivity index (χ3n) is 2.22. The van der Waals surface area contributed by atoms with Gasteiger partial charge in [0.2, 0.25) is 0 Å². The molecule has 0 radical (unpaired) electrons. The number of nitrogens with zero attached hydrogens (tertiary/aromatic N) is 1. The number of halogens is 1. The molecule has 1 aromatic heterocycles. The Bertz CT molecular complexity index is 549. The molecule has 0 saturated carbocycles. The molecule has 0 amide bonds. The lowest BCUT2D eigenvalue weighted by molar-refractivity contribution is 0.0690. The number of aromatic nitrogens is 2. The average molecular weight is 281 g/mol. The highest BCUT2D eigenvalue weighted by atomic mass is 79.9. The van der Waals surface area contributed by atoms with Gasteiger partial charge < -0.3 is 10.1 Å². The van der Waals surface area contributed by atoms with Gasteiger partial charge in [0.05, 0.1) is 0 Å². The van der Waals surface area contributed by atoms with Crippen LogP contribution in [0.15, 0.2) is 28.7 Å². The summed E-state index contributed by atoms with van der Waals surface area (Å²) in [6.45, 7) is 1.69. The van der Waals surface area contributed by atoms with Crippen molar-refractivity contribution in [3.8, 4) is 11.4 Å². The van der Waals surface area contributed by atoms with Gasteiger partial charge in [0.1, 0.15) is 5.82 Å². The van der Waals surface area contributed by atoms with Crippen LogP contribution >= 0.6 is 15.9 Å². The Hall–Kier alpha value is -1.62. The van der Waals surface area contributed by atoms with E-state index in [0.717, 1.165) is 10.0 Å². The summed E-state index contributed by atoms with van der Waals surface area (Å²) < 4.78 is 0.876. The molecule has 5 heteroatoms. The van der Waals surface area contributed by atoms with Crippen LogP contribution in [0.1, 0.15) is 16.2 Å². The lowest BCUT2D eigenvalue weighted by Gasteiger charge is -1.98. The Kier molecular flexibility index (Phi) is 2.78. The summed E-state index contributed by atoms with van der Waals surface area (Å²) in [5.41, 5.74) is 1.46. The number of carboxylic acid groups (broad SMARTS) is 1. The van der Waals surface area contributed by atoms with Gasteiger partial charge >= 0.3 is 5.97 Å². The predicted molar refractivity (Wildman–Crippen MR) is 63.4 cm³/mol. The molecule has 2 aromatic rings. The van der Waals surface area contributed by atoms with E-state index in [9.17, 15) is 4.79 Å². The van der Waals surface area contributed by atoms with Crippen molar-refractivity contribution >= 4 is 21.9 Å². The molecule has 16 heavy (non-hydrogen) atoms. The normalized spacial score (nSPS) is 10.4. The first kappa shape index (κ1) is 10.9. The molecule has 82 valence electrons. The van der Waals surface area contributed by atoms with Gasteiger partial charge in [0, 0.05) is 15.7 Å². The molecule has 2 rings (SSSR count). The Labute approximate surface area is 100 Å². The van der Waals surface area contributed by atoms with Crippen LogP contribution < -0.4 is 0 Å². The van der Waals surface area contributed by atoms with Gasteiger partial charge in [-0.3, -0.25) is 0 Å². The number of rotatable bonds is 2. The molecule has 0 atom stereocenters. The second-order valence-corrected chi connectivity index (χ2v) is 4.20. The van der Waals surface area contributed by atoms with Crippen molar-refractivity contribution in [3.05, 3.63) is 40.1 Å². The zero-order chi connectivity index (χ0) is 11.7. The number of aryl methyl sites for hydroxylation is 1. The summed E-state index contributed by atoms with van der Waals surface area (Å²) in [4.78, 5) is 17.9. The van der Waals surface area contributed by atoms with Gasteiger partial charge in [-0.05, 0) is 13.0 Å². The first-order chi connectivity index (χ1) is 7.59. The van der Waals surface area contributed by atoms with Crippen molar-refractivity contribution in [1.29, 1.82) is 0 Å². The summed E-state index contributed by atoms with van der Waals surface area (Å²) in [5, 5.41) is 8.90. The lowest BCUT2D eigenvalue weighted by Crippen LogP contribution is -1.98. The van der Waals surface area contributed by atoms with Gasteiger partial charge in [-0.25, -0.2) is 9.78 Å². The van der Waals surface area contributed by atoms with Gasteiger partial charge in [0.25, 0.3) is 0 Å². The minimum absolute atomic E-state index is 0.0609. The highest BCUT2D eigenvalue weighted by Gasteiger charge is 2.15. The fourth-order valence-electron chi connectivity index (χ4n) is 1.45. The first-order valence-corrected chi connectivity index (χ1v) is 5.43. The van der Waals surface area contributed by atoms with E-state index in [4.69, 9.17) is 5.11 Å². The van der Waals surface area contributed by atoms with Crippen LogP contribution in [0.25, 0.3) is 11.4 Å². The van der Waals surface area contributed by atoms with E-state index in [1.807, 2.05) is 24.3 Å². The maximum atomic E-state index is 10.9. The zero-order valence-electron chi connectivity index (χ0n) is 8.49. The third kappa shape index (κ3) is 1.86. The van der Waals surface area contributed by atoms with Crippen LogP contribution in [-0.4, -0.2) is 21.0 Å². The minimum Gasteiger partial charge on any atom is -0.476 e. The van der Waals surface area contributed by atoms with Gasteiger partial charge in [-0.15, -0.1) is 0 Å². The average Bonchev–Trinajstić information content (AvgIpc) is 2.61. The van der Waals surface area contributed by atoms with E-state index >= 15 is 0 Å². The number of hydrogen-bond donors (Lipinski definition) is 2. The van der Waals surface area contributed by atoms with E-state index in [1.54, 1.807) is 6.92 Å². The molecule has 0 fully saturated rings. The quantitative estimate of drug-likeness (QED) is 0.889. The van der Waals surface area contributed by atoms with Crippen molar-refractivity contribution in [1.82, 2.24) is 9.97 Å². The molecule has 0 bridgehead atoms. The Morgan fingerprint density at radius 3 is 2.69 bits per heavy atom. The number of H-pyrrole nitrogens is 1. The fourth-order valence-corrected chi connectivity index (χ4v) is 1.92. The molecule has 0 spiro atoms. The number of nitrogens with one attached hydrogen (secondary N) is 1. The van der Waals surface area contributed by atoms with Crippen molar-refractivity contribution in [2.75, 3.05) is 0 Å². The van der Waals surface area contributed by atoms with Crippen LogP contribution in [0, 0.1) is 6.92 Å². The largest absolute Gasteiger partial charge is 0.476 e. The first-order valence-electron chi connectivity index (χ1n) is 4.64. The van der Waals surface area contributed by atoms with E-state index in [0.29, 0.717) is 11.5 Å². The maximum absolute atomic E-state index is 10.9. The zero-order valence-corrected chi connectivity index (χ0v) is 10.1. The second-order valence-electron chi connectivity index (χ2n) is 3.34. The highest BCUT2D eigenvalue weighted by molar-refractivity contribution is 9.10. The maximum Gasteiger partial charge on any atom is 0.356 e. The highest BCUT2D eigenvalue weighted by Crippen LogP contribution is 2.26. The number of hydrogen-bond acceptors (Lipinski definition) is 2. The molecule has 0 saturated heterocycles. The van der Waals surface area contributed by atoms with Crippen LogP contribution in [0.2, 0.25) is 0 Å². The number of imidazole rings is 1. The lowest BCUT2D eigenvalue weighted by atomic mass is 10.2. The monoisotopic (exact) mass is 280 g/mol. The Morgan fingerprint density at radius 1 is 1.44 bits per heavy atom. The van der Waals surface area contributed by atoms with Gasteiger partial charge in [0.15, 0.2) is 5.69 Å². The number of aromatic carboxylic acids is 1. The summed E-state index contributed by atoms with van der Waals surface area (Å²) in [7, 11) is 0. The number of aromatic amines is 1. The molecule has 2 N–H and O–H groups in total. The molecule has 0 aliphatic rings. The van der Waals surface area contributed by atoms with E-state index in [2.05, 4.69) is 25.9 Å². The van der Waals surface area contributed by atoms with Crippen molar-refractivity contribution in [3.63, 3.8) is 0 Å². The van der Waals surface area contributed by atoms with E-state index in [-0.39, 0.29) is 5.69 Å². The molecule has 1 aromatic carbocycles. The molecule has 0 unspecified atom stereocenters. The Morgan fingerprint density at radius 2 is 2.12 bits per heavy atom. The molecular weight excluding hydrogens is 272 g/mol. The summed E-state index contributed by atoms with van der Waals surface area (Å²) in [6, 6.07) is 7.52. The van der Waals surface area contributed by atoms with Gasteiger partial charge in [-0.1, -0.05) is 34.1 Å². The van der Waals surface area contributed by atoms with Crippen molar-refractivity contribution in [2.45, 2.75) is 6.92 Å².